The van der Waals surface area contributed by atoms with Gasteiger partial charge in [0.15, 0.2) is 5.13 Å². The van der Waals surface area contributed by atoms with Crippen molar-refractivity contribution in [3.63, 3.8) is 0 Å². The van der Waals surface area contributed by atoms with Crippen LogP contribution in [0.5, 0.6) is 0 Å². The molecule has 0 radical (unpaired) electrons. The van der Waals surface area contributed by atoms with E-state index in [1.54, 1.807) is 23.7 Å². The van der Waals surface area contributed by atoms with Crippen LogP contribution in [0.2, 0.25) is 0 Å². The summed E-state index contributed by atoms with van der Waals surface area (Å²) in [6.45, 7) is 0. The van der Waals surface area contributed by atoms with E-state index in [0.717, 1.165) is 5.56 Å². The van der Waals surface area contributed by atoms with Gasteiger partial charge in [-0.1, -0.05) is 12.1 Å². The highest BCUT2D eigenvalue weighted by molar-refractivity contribution is 7.99. The Bertz CT molecular complexity index is 499. The predicted molar refractivity (Wildman–Crippen MR) is 73.3 cm³/mol. The Hall–Kier alpha value is -1.40. The number of halogens is 1. The van der Waals surface area contributed by atoms with Crippen molar-refractivity contribution in [2.24, 2.45) is 0 Å². The van der Waals surface area contributed by atoms with Crippen molar-refractivity contribution in [2.75, 3.05) is 11.1 Å². The van der Waals surface area contributed by atoms with Crippen molar-refractivity contribution in [1.29, 1.82) is 0 Å². The van der Waals surface area contributed by atoms with Crippen LogP contribution in [0.25, 0.3) is 0 Å². The maximum absolute atomic E-state index is 12.7. The highest BCUT2D eigenvalue weighted by Gasteiger charge is 2.04. The molecule has 2 aromatic rings. The molecule has 0 unspecified atom stereocenters. The lowest BCUT2D eigenvalue weighted by Crippen LogP contribution is -2.13. The van der Waals surface area contributed by atoms with Crippen molar-refractivity contribution in [2.45, 2.75) is 5.75 Å². The Labute approximate surface area is 112 Å². The summed E-state index contributed by atoms with van der Waals surface area (Å²) >= 11 is 2.87. The first-order valence-electron chi connectivity index (χ1n) is 5.25. The molecule has 0 saturated carbocycles. The maximum Gasteiger partial charge on any atom is 0.236 e. The number of aromatic nitrogens is 1. The molecule has 0 spiro atoms. The molecule has 94 valence electrons. The number of nitrogens with one attached hydrogen (secondary N) is 1. The summed E-state index contributed by atoms with van der Waals surface area (Å²) in [7, 11) is 0. The number of benzene rings is 1. The lowest BCUT2D eigenvalue weighted by molar-refractivity contribution is -0.113. The van der Waals surface area contributed by atoms with E-state index in [-0.39, 0.29) is 11.7 Å². The maximum atomic E-state index is 12.7. The highest BCUT2D eigenvalue weighted by Crippen LogP contribution is 2.14. The van der Waals surface area contributed by atoms with Gasteiger partial charge in [0.05, 0.1) is 5.75 Å². The van der Waals surface area contributed by atoms with E-state index in [1.807, 2.05) is 0 Å². The van der Waals surface area contributed by atoms with Crippen LogP contribution >= 0.6 is 23.1 Å². The number of thiazole rings is 1. The third-order valence-electron chi connectivity index (χ3n) is 2.09. The van der Waals surface area contributed by atoms with Crippen molar-refractivity contribution < 1.29 is 9.18 Å². The van der Waals surface area contributed by atoms with Crippen LogP contribution in [0.1, 0.15) is 5.56 Å². The monoisotopic (exact) mass is 282 g/mol. The van der Waals surface area contributed by atoms with Crippen LogP contribution in [0.3, 0.4) is 0 Å². The molecule has 2 rings (SSSR count). The summed E-state index contributed by atoms with van der Waals surface area (Å²) in [6, 6.07) is 6.29. The van der Waals surface area contributed by atoms with Crippen LogP contribution in [-0.2, 0) is 10.5 Å². The quantitative estimate of drug-likeness (QED) is 0.916. The molecule has 0 aliphatic heterocycles. The molecular weight excluding hydrogens is 271 g/mol. The predicted octanol–water partition coefficient (Wildman–Crippen LogP) is 3.15. The lowest BCUT2D eigenvalue weighted by Gasteiger charge is -2.02. The van der Waals surface area contributed by atoms with Gasteiger partial charge in [0, 0.05) is 17.3 Å². The van der Waals surface area contributed by atoms with Crippen molar-refractivity contribution in [3.8, 4) is 0 Å². The number of hydrogen-bond acceptors (Lipinski definition) is 4. The number of hydrogen-bond donors (Lipinski definition) is 1. The highest BCUT2D eigenvalue weighted by atomic mass is 32.2. The number of carbonyl (C=O) groups is 1. The molecule has 0 aliphatic rings. The van der Waals surface area contributed by atoms with Gasteiger partial charge in [-0.2, -0.15) is 0 Å². The van der Waals surface area contributed by atoms with E-state index < -0.39 is 0 Å². The topological polar surface area (TPSA) is 42.0 Å². The van der Waals surface area contributed by atoms with Crippen LogP contribution in [0, 0.1) is 5.82 Å². The van der Waals surface area contributed by atoms with Crippen LogP contribution < -0.4 is 5.32 Å². The summed E-state index contributed by atoms with van der Waals surface area (Å²) in [5.41, 5.74) is 1.00. The summed E-state index contributed by atoms with van der Waals surface area (Å²) in [6.07, 6.45) is 1.64. The summed E-state index contributed by atoms with van der Waals surface area (Å²) in [5.74, 6) is 0.727. The molecule has 6 heteroatoms. The zero-order chi connectivity index (χ0) is 12.8. The van der Waals surface area contributed by atoms with Gasteiger partial charge >= 0.3 is 0 Å². The van der Waals surface area contributed by atoms with Gasteiger partial charge in [-0.3, -0.25) is 4.79 Å². The average Bonchev–Trinajstić information content (AvgIpc) is 2.84. The fraction of sp³-hybridized carbons (Fsp3) is 0.167. The average molecular weight is 282 g/mol. The largest absolute Gasteiger partial charge is 0.301 e. The first-order chi connectivity index (χ1) is 8.74. The van der Waals surface area contributed by atoms with Gasteiger partial charge in [0.2, 0.25) is 5.91 Å². The zero-order valence-corrected chi connectivity index (χ0v) is 11.1. The Balaban J connectivity index is 1.72. The number of amides is 1. The minimum absolute atomic E-state index is 0.0722. The number of anilines is 1. The summed E-state index contributed by atoms with van der Waals surface area (Å²) in [4.78, 5) is 15.5. The normalized spacial score (nSPS) is 10.3. The van der Waals surface area contributed by atoms with E-state index in [9.17, 15) is 9.18 Å². The second-order valence-electron chi connectivity index (χ2n) is 3.50. The van der Waals surface area contributed by atoms with E-state index in [1.165, 1.54) is 35.2 Å². The third kappa shape index (κ3) is 4.12. The van der Waals surface area contributed by atoms with Gasteiger partial charge in [0.25, 0.3) is 0 Å². The molecule has 0 bridgehead atoms. The lowest BCUT2D eigenvalue weighted by atomic mass is 10.2. The molecule has 1 aromatic heterocycles. The Morgan fingerprint density at radius 2 is 2.17 bits per heavy atom. The molecule has 0 saturated heterocycles. The first kappa shape index (κ1) is 13.0. The van der Waals surface area contributed by atoms with Crippen LogP contribution in [0.15, 0.2) is 35.8 Å². The minimum atomic E-state index is -0.245. The molecule has 3 nitrogen and oxygen atoms in total. The molecule has 1 heterocycles. The van der Waals surface area contributed by atoms with E-state index in [4.69, 9.17) is 0 Å². The Morgan fingerprint density at radius 3 is 2.83 bits per heavy atom. The van der Waals surface area contributed by atoms with Gasteiger partial charge in [-0.15, -0.1) is 23.1 Å². The molecule has 1 amide bonds. The van der Waals surface area contributed by atoms with E-state index in [2.05, 4.69) is 10.3 Å². The smallest absolute Gasteiger partial charge is 0.236 e. The molecule has 0 fully saturated rings. The molecule has 1 N–H and O–H groups in total. The van der Waals surface area contributed by atoms with Gasteiger partial charge in [-0.05, 0) is 17.7 Å². The van der Waals surface area contributed by atoms with Crippen molar-refractivity contribution in [3.05, 3.63) is 47.2 Å². The summed E-state index contributed by atoms with van der Waals surface area (Å²) < 4.78 is 12.7. The molecule has 1 aromatic carbocycles. The number of carbonyl (C=O) groups excluding carboxylic acids is 1. The standard InChI is InChI=1S/C12H11FN2OS2/c13-10-3-1-9(2-4-10)7-17-8-11(16)15-12-14-5-6-18-12/h1-6H,7-8H2,(H,14,15,16). The van der Waals surface area contributed by atoms with Gasteiger partial charge in [-0.25, -0.2) is 9.37 Å². The number of nitrogens with zero attached hydrogens (tertiary/aromatic N) is 1. The zero-order valence-electron chi connectivity index (χ0n) is 9.43. The fourth-order valence-corrected chi connectivity index (χ4v) is 2.62. The minimum Gasteiger partial charge on any atom is -0.301 e. The Kier molecular flexibility index (Phi) is 4.72. The Morgan fingerprint density at radius 1 is 1.39 bits per heavy atom. The van der Waals surface area contributed by atoms with Crippen molar-refractivity contribution >= 4 is 34.1 Å². The van der Waals surface area contributed by atoms with E-state index >= 15 is 0 Å². The molecular formula is C12H11FN2OS2. The van der Waals surface area contributed by atoms with Crippen molar-refractivity contribution in [1.82, 2.24) is 4.98 Å². The molecule has 0 aliphatic carbocycles. The second kappa shape index (κ2) is 6.51. The number of rotatable bonds is 5. The van der Waals surface area contributed by atoms with E-state index in [0.29, 0.717) is 16.6 Å². The molecule has 18 heavy (non-hydrogen) atoms. The van der Waals surface area contributed by atoms with Gasteiger partial charge in [0.1, 0.15) is 5.82 Å². The SMILES string of the molecule is O=C(CSCc1ccc(F)cc1)Nc1nccs1. The summed E-state index contributed by atoms with van der Waals surface area (Å²) in [5, 5.41) is 5.13. The fourth-order valence-electron chi connectivity index (χ4n) is 1.28. The number of thioether (sulfide) groups is 1. The molecule has 0 atom stereocenters. The second-order valence-corrected chi connectivity index (χ2v) is 5.38. The van der Waals surface area contributed by atoms with Crippen LogP contribution in [0.4, 0.5) is 9.52 Å². The first-order valence-corrected chi connectivity index (χ1v) is 7.29. The third-order valence-corrected chi connectivity index (χ3v) is 3.79. The van der Waals surface area contributed by atoms with Gasteiger partial charge < -0.3 is 5.32 Å². The van der Waals surface area contributed by atoms with Crippen LogP contribution in [-0.4, -0.2) is 16.6 Å².